The van der Waals surface area contributed by atoms with Gasteiger partial charge in [0.15, 0.2) is 0 Å². The predicted molar refractivity (Wildman–Crippen MR) is 75.6 cm³/mol. The molecule has 92 valence electrons. The van der Waals surface area contributed by atoms with Gasteiger partial charge in [-0.05, 0) is 29.2 Å². The first kappa shape index (κ1) is 12.9. The van der Waals surface area contributed by atoms with Gasteiger partial charge in [-0.3, -0.25) is 0 Å². The normalized spacial score (nSPS) is 11.6. The van der Waals surface area contributed by atoms with Crippen molar-refractivity contribution in [3.05, 3.63) is 46.2 Å². The highest BCUT2D eigenvalue weighted by Gasteiger charge is 2.20. The summed E-state index contributed by atoms with van der Waals surface area (Å²) in [6.45, 7) is 6.21. The van der Waals surface area contributed by atoms with E-state index in [0.717, 1.165) is 16.3 Å². The van der Waals surface area contributed by atoms with Gasteiger partial charge in [0.05, 0.1) is 5.56 Å². The minimum atomic E-state index is -0.377. The minimum Gasteiger partial charge on any atom is -0.206 e. The Bertz CT molecular complexity index is 657. The van der Waals surface area contributed by atoms with Gasteiger partial charge in [-0.15, -0.1) is 6.42 Å². The summed E-state index contributed by atoms with van der Waals surface area (Å²) in [6, 6.07) is 6.81. The van der Waals surface area contributed by atoms with Crippen molar-refractivity contribution in [3.63, 3.8) is 0 Å². The largest absolute Gasteiger partial charge is 0.206 e. The predicted octanol–water partition coefficient (Wildman–Crippen LogP) is 4.91. The molecule has 0 atom stereocenters. The summed E-state index contributed by atoms with van der Waals surface area (Å²) in [5, 5.41) is 2.14. The Morgan fingerprint density at radius 3 is 2.39 bits per heavy atom. The van der Waals surface area contributed by atoms with Crippen LogP contribution < -0.4 is 0 Å². The van der Waals surface area contributed by atoms with Gasteiger partial charge in [-0.25, -0.2) is 4.39 Å². The van der Waals surface area contributed by atoms with Crippen molar-refractivity contribution in [1.82, 2.24) is 0 Å². The number of hydrogen-bond donors (Lipinski definition) is 0. The molecule has 0 radical (unpaired) electrons. The van der Waals surface area contributed by atoms with E-state index >= 15 is 0 Å². The Labute approximate surface area is 112 Å². The highest BCUT2D eigenvalue weighted by Crippen LogP contribution is 2.36. The smallest absolute Gasteiger partial charge is 0.139 e. The fraction of sp³-hybridized carbons (Fsp3) is 0.250. The molecule has 0 nitrogen and oxygen atoms in total. The average molecular weight is 261 g/mol. The maximum atomic E-state index is 13.8. The lowest BCUT2D eigenvalue weighted by molar-refractivity contribution is 0.594. The Balaban J connectivity index is 3.03. The molecule has 0 N–H and O–H groups in total. The SMILES string of the molecule is C#Cc1c(F)ccc2c(Cl)ccc(C(C)(C)C)c12. The minimum absolute atomic E-state index is 0.123. The summed E-state index contributed by atoms with van der Waals surface area (Å²) in [6.07, 6.45) is 5.45. The van der Waals surface area contributed by atoms with E-state index in [4.69, 9.17) is 18.0 Å². The number of fused-ring (bicyclic) bond motifs is 1. The van der Waals surface area contributed by atoms with Crippen LogP contribution in [0.2, 0.25) is 5.02 Å². The number of benzene rings is 2. The van der Waals surface area contributed by atoms with Crippen LogP contribution in [0.25, 0.3) is 10.8 Å². The molecule has 0 fully saturated rings. The molecule has 0 saturated carbocycles. The van der Waals surface area contributed by atoms with Crippen LogP contribution in [-0.4, -0.2) is 0 Å². The monoisotopic (exact) mass is 260 g/mol. The second-order valence-corrected chi connectivity index (χ2v) is 5.74. The second-order valence-electron chi connectivity index (χ2n) is 5.33. The van der Waals surface area contributed by atoms with Crippen molar-refractivity contribution in [2.75, 3.05) is 0 Å². The van der Waals surface area contributed by atoms with E-state index in [9.17, 15) is 4.39 Å². The Hall–Kier alpha value is -1.52. The van der Waals surface area contributed by atoms with Crippen molar-refractivity contribution >= 4 is 22.4 Å². The summed E-state index contributed by atoms with van der Waals surface area (Å²) >= 11 is 6.17. The van der Waals surface area contributed by atoms with Crippen molar-refractivity contribution in [1.29, 1.82) is 0 Å². The van der Waals surface area contributed by atoms with E-state index in [0.29, 0.717) is 10.6 Å². The van der Waals surface area contributed by atoms with E-state index in [1.54, 1.807) is 6.07 Å². The maximum absolute atomic E-state index is 13.8. The van der Waals surface area contributed by atoms with Crippen LogP contribution in [0.15, 0.2) is 24.3 Å². The molecule has 0 aromatic heterocycles. The van der Waals surface area contributed by atoms with Crippen LogP contribution in [0, 0.1) is 18.2 Å². The first-order valence-corrected chi connectivity index (χ1v) is 6.12. The molecule has 0 aliphatic rings. The van der Waals surface area contributed by atoms with Crippen molar-refractivity contribution in [2.24, 2.45) is 0 Å². The molecule has 0 saturated heterocycles. The van der Waals surface area contributed by atoms with E-state index in [1.165, 1.54) is 6.07 Å². The molecule has 0 spiro atoms. The number of halogens is 2. The lowest BCUT2D eigenvalue weighted by Crippen LogP contribution is -2.12. The van der Waals surface area contributed by atoms with E-state index in [2.05, 4.69) is 26.7 Å². The van der Waals surface area contributed by atoms with Crippen molar-refractivity contribution < 1.29 is 4.39 Å². The Morgan fingerprint density at radius 2 is 1.83 bits per heavy atom. The third-order valence-corrected chi connectivity index (χ3v) is 3.36. The zero-order valence-electron chi connectivity index (χ0n) is 10.6. The van der Waals surface area contributed by atoms with Crippen molar-refractivity contribution in [3.8, 4) is 12.3 Å². The fourth-order valence-electron chi connectivity index (χ4n) is 2.15. The standard InChI is InChI=1S/C16H14ClF/c1-5-10-14(18)9-6-11-13(17)8-7-12(15(10)11)16(2,3)4/h1,6-9H,2-4H3. The average Bonchev–Trinajstić information content (AvgIpc) is 2.27. The van der Waals surface area contributed by atoms with Gasteiger partial charge in [0.1, 0.15) is 5.82 Å². The van der Waals surface area contributed by atoms with Gasteiger partial charge < -0.3 is 0 Å². The first-order chi connectivity index (χ1) is 8.36. The van der Waals surface area contributed by atoms with Gasteiger partial charge in [-0.2, -0.15) is 0 Å². The molecule has 2 aromatic rings. The van der Waals surface area contributed by atoms with E-state index in [1.807, 2.05) is 12.1 Å². The second kappa shape index (κ2) is 4.30. The van der Waals surface area contributed by atoms with Crippen LogP contribution in [0.1, 0.15) is 31.9 Å². The highest BCUT2D eigenvalue weighted by molar-refractivity contribution is 6.35. The molecule has 0 amide bonds. The Kier molecular flexibility index (Phi) is 3.09. The van der Waals surface area contributed by atoms with Crippen LogP contribution in [0.4, 0.5) is 4.39 Å². The van der Waals surface area contributed by atoms with E-state index < -0.39 is 0 Å². The van der Waals surface area contributed by atoms with Crippen LogP contribution in [0.5, 0.6) is 0 Å². The van der Waals surface area contributed by atoms with Crippen LogP contribution in [0.3, 0.4) is 0 Å². The molecule has 0 aliphatic heterocycles. The molecule has 0 aliphatic carbocycles. The third kappa shape index (κ3) is 1.98. The zero-order chi connectivity index (χ0) is 13.5. The Morgan fingerprint density at radius 1 is 1.17 bits per heavy atom. The fourth-order valence-corrected chi connectivity index (χ4v) is 2.37. The topological polar surface area (TPSA) is 0 Å². The van der Waals surface area contributed by atoms with Crippen LogP contribution >= 0.6 is 11.6 Å². The molecule has 2 rings (SSSR count). The maximum Gasteiger partial charge on any atom is 0.139 e. The molecular formula is C16H14ClF. The molecule has 2 heteroatoms. The molecule has 18 heavy (non-hydrogen) atoms. The van der Waals surface area contributed by atoms with Crippen LogP contribution in [-0.2, 0) is 5.41 Å². The molecule has 0 heterocycles. The van der Waals surface area contributed by atoms with Gasteiger partial charge in [0.25, 0.3) is 0 Å². The number of rotatable bonds is 0. The molecular weight excluding hydrogens is 247 g/mol. The van der Waals surface area contributed by atoms with Gasteiger partial charge in [0.2, 0.25) is 0 Å². The lowest BCUT2D eigenvalue weighted by atomic mass is 9.82. The quantitative estimate of drug-likeness (QED) is 0.591. The molecule has 2 aromatic carbocycles. The first-order valence-electron chi connectivity index (χ1n) is 5.74. The highest BCUT2D eigenvalue weighted by atomic mass is 35.5. The number of terminal acetylenes is 1. The van der Waals surface area contributed by atoms with Gasteiger partial charge in [-0.1, -0.05) is 44.4 Å². The van der Waals surface area contributed by atoms with Gasteiger partial charge >= 0.3 is 0 Å². The summed E-state index contributed by atoms with van der Waals surface area (Å²) < 4.78 is 13.8. The van der Waals surface area contributed by atoms with Crippen molar-refractivity contribution in [2.45, 2.75) is 26.2 Å². The summed E-state index contributed by atoms with van der Waals surface area (Å²) in [5.41, 5.74) is 1.18. The lowest BCUT2D eigenvalue weighted by Gasteiger charge is -2.22. The summed E-state index contributed by atoms with van der Waals surface area (Å²) in [4.78, 5) is 0. The third-order valence-electron chi connectivity index (χ3n) is 3.03. The number of hydrogen-bond acceptors (Lipinski definition) is 0. The van der Waals surface area contributed by atoms with Gasteiger partial charge in [0, 0.05) is 15.8 Å². The van der Waals surface area contributed by atoms with E-state index in [-0.39, 0.29) is 11.2 Å². The molecule has 0 unspecified atom stereocenters. The summed E-state index contributed by atoms with van der Waals surface area (Å²) in [5.74, 6) is 2.07. The zero-order valence-corrected chi connectivity index (χ0v) is 11.4. The molecule has 0 bridgehead atoms. The summed E-state index contributed by atoms with van der Waals surface area (Å²) in [7, 11) is 0.